The molecule has 0 radical (unpaired) electrons. The van der Waals surface area contributed by atoms with Gasteiger partial charge in [0.1, 0.15) is 0 Å². The summed E-state index contributed by atoms with van der Waals surface area (Å²) in [5, 5.41) is 0. The van der Waals surface area contributed by atoms with Crippen molar-refractivity contribution in [3.63, 3.8) is 0 Å². The Labute approximate surface area is 101 Å². The zero-order valence-corrected chi connectivity index (χ0v) is 10.5. The van der Waals surface area contributed by atoms with E-state index in [2.05, 4.69) is 0 Å². The number of carbonyl (C=O) groups is 1. The largest absolute Gasteiger partial charge is 0.493 e. The Bertz CT molecular complexity index is 641. The Morgan fingerprint density at radius 3 is 2.35 bits per heavy atom. The highest BCUT2D eigenvalue weighted by molar-refractivity contribution is 7.16. The quantitative estimate of drug-likeness (QED) is 0.818. The van der Waals surface area contributed by atoms with Crippen LogP contribution in [0.2, 0.25) is 0 Å². The predicted molar refractivity (Wildman–Crippen MR) is 65.5 cm³/mol. The smallest absolute Gasteiger partial charge is 0.314 e. The highest BCUT2D eigenvalue weighted by atomic mass is 32.1. The number of fused-ring (bicyclic) bond motifs is 1. The molecule has 2 rings (SSSR count). The Morgan fingerprint density at radius 1 is 1.24 bits per heavy atom. The first-order chi connectivity index (χ1) is 8.08. The fourth-order valence-electron chi connectivity index (χ4n) is 1.64. The van der Waals surface area contributed by atoms with Gasteiger partial charge in [0.15, 0.2) is 11.5 Å². The number of aromatic nitrogens is 1. The van der Waals surface area contributed by atoms with Crippen LogP contribution in [0.25, 0.3) is 10.2 Å². The molecule has 90 valence electrons. The van der Waals surface area contributed by atoms with Crippen LogP contribution in [0.3, 0.4) is 0 Å². The van der Waals surface area contributed by atoms with Crippen LogP contribution in [-0.2, 0) is 0 Å². The van der Waals surface area contributed by atoms with Crippen LogP contribution in [-0.4, -0.2) is 24.7 Å². The van der Waals surface area contributed by atoms with Crippen molar-refractivity contribution in [2.24, 2.45) is 0 Å². The molecule has 0 aliphatic heterocycles. The highest BCUT2D eigenvalue weighted by Gasteiger charge is 2.14. The molecule has 2 aromatic rings. The van der Waals surface area contributed by atoms with Crippen LogP contribution in [0.5, 0.6) is 11.5 Å². The second-order valence-electron chi connectivity index (χ2n) is 3.40. The predicted octanol–water partition coefficient (Wildman–Crippen LogP) is 1.74. The molecule has 1 heterocycles. The zero-order chi connectivity index (χ0) is 12.6. The van der Waals surface area contributed by atoms with E-state index in [0.717, 1.165) is 15.9 Å². The van der Waals surface area contributed by atoms with Gasteiger partial charge in [-0.3, -0.25) is 9.59 Å². The lowest BCUT2D eigenvalue weighted by Gasteiger charge is -2.07. The van der Waals surface area contributed by atoms with Crippen LogP contribution in [0.4, 0.5) is 0 Å². The fraction of sp³-hybridized carbons (Fsp3) is 0.273. The number of nitrogens with zero attached hydrogens (tertiary/aromatic N) is 1. The van der Waals surface area contributed by atoms with Crippen LogP contribution in [0, 0.1) is 0 Å². The van der Waals surface area contributed by atoms with Crippen molar-refractivity contribution in [1.29, 1.82) is 0 Å². The summed E-state index contributed by atoms with van der Waals surface area (Å²) < 4.78 is 12.1. The van der Waals surface area contributed by atoms with E-state index in [9.17, 15) is 9.59 Å². The molecule has 5 nitrogen and oxygen atoms in total. The van der Waals surface area contributed by atoms with E-state index < -0.39 is 0 Å². The summed E-state index contributed by atoms with van der Waals surface area (Å²) in [6.45, 7) is 1.35. The Kier molecular flexibility index (Phi) is 2.89. The van der Waals surface area contributed by atoms with E-state index in [1.165, 1.54) is 21.1 Å². The summed E-state index contributed by atoms with van der Waals surface area (Å²) in [5.41, 5.74) is 0.546. The van der Waals surface area contributed by atoms with Crippen molar-refractivity contribution in [2.45, 2.75) is 6.92 Å². The maximum atomic E-state index is 11.7. The molecule has 17 heavy (non-hydrogen) atoms. The van der Waals surface area contributed by atoms with Gasteiger partial charge in [-0.25, -0.2) is 4.57 Å². The molecule has 0 fully saturated rings. The van der Waals surface area contributed by atoms with Crippen molar-refractivity contribution >= 4 is 27.5 Å². The Balaban J connectivity index is 2.84. The summed E-state index contributed by atoms with van der Waals surface area (Å²) >= 11 is 1.01. The first kappa shape index (κ1) is 11.7. The van der Waals surface area contributed by atoms with E-state index in [4.69, 9.17) is 9.47 Å². The van der Waals surface area contributed by atoms with Crippen molar-refractivity contribution in [2.75, 3.05) is 14.2 Å². The van der Waals surface area contributed by atoms with Crippen molar-refractivity contribution in [3.8, 4) is 11.5 Å². The lowest BCUT2D eigenvalue weighted by molar-refractivity contribution is 0.0939. The minimum absolute atomic E-state index is 0.303. The summed E-state index contributed by atoms with van der Waals surface area (Å²) in [7, 11) is 3.03. The highest BCUT2D eigenvalue weighted by Crippen LogP contribution is 2.33. The molecule has 1 aromatic heterocycles. The average Bonchev–Trinajstić information content (AvgIpc) is 2.61. The van der Waals surface area contributed by atoms with Crippen molar-refractivity contribution < 1.29 is 14.3 Å². The second-order valence-corrected chi connectivity index (χ2v) is 4.39. The standard InChI is InChI=1S/C11H11NO4S/c1-6(13)12-7-4-8(15-2)9(16-3)5-10(7)17-11(12)14/h4-5H,1-3H3. The van der Waals surface area contributed by atoms with Gasteiger partial charge in [0.05, 0.1) is 24.4 Å². The topological polar surface area (TPSA) is 57.5 Å². The molecule has 0 unspecified atom stereocenters. The molecule has 0 spiro atoms. The molecule has 0 saturated carbocycles. The van der Waals surface area contributed by atoms with E-state index in [0.29, 0.717) is 21.7 Å². The van der Waals surface area contributed by atoms with Crippen molar-refractivity contribution in [1.82, 2.24) is 4.57 Å². The SMILES string of the molecule is COc1cc2sc(=O)n(C(C)=O)c2cc1OC. The molecule has 1 aromatic carbocycles. The molecular weight excluding hydrogens is 242 g/mol. The first-order valence-electron chi connectivity index (χ1n) is 4.87. The van der Waals surface area contributed by atoms with E-state index >= 15 is 0 Å². The monoisotopic (exact) mass is 253 g/mol. The molecule has 0 aliphatic rings. The molecule has 0 aliphatic carbocycles. The van der Waals surface area contributed by atoms with Crippen molar-refractivity contribution in [3.05, 3.63) is 21.8 Å². The molecule has 0 N–H and O–H groups in total. The normalized spacial score (nSPS) is 10.5. The third-order valence-corrected chi connectivity index (χ3v) is 3.30. The van der Waals surface area contributed by atoms with Gasteiger partial charge in [-0.1, -0.05) is 11.3 Å². The van der Waals surface area contributed by atoms with Gasteiger partial charge in [0.2, 0.25) is 5.91 Å². The molecule has 0 bridgehead atoms. The summed E-state index contributed by atoms with van der Waals surface area (Å²) in [6.07, 6.45) is 0. The molecule has 0 atom stereocenters. The Morgan fingerprint density at radius 2 is 1.82 bits per heavy atom. The van der Waals surface area contributed by atoms with E-state index in [1.54, 1.807) is 12.1 Å². The zero-order valence-electron chi connectivity index (χ0n) is 9.64. The van der Waals surface area contributed by atoms with Gasteiger partial charge in [-0.2, -0.15) is 0 Å². The Hall–Kier alpha value is -1.82. The van der Waals surface area contributed by atoms with Gasteiger partial charge in [-0.05, 0) is 0 Å². The van der Waals surface area contributed by atoms with Gasteiger partial charge in [0.25, 0.3) is 0 Å². The molecular formula is C11H11NO4S. The fourth-order valence-corrected chi connectivity index (χ4v) is 2.57. The second kappa shape index (κ2) is 4.21. The number of benzene rings is 1. The maximum absolute atomic E-state index is 11.7. The van der Waals surface area contributed by atoms with Crippen LogP contribution < -0.4 is 14.3 Å². The van der Waals surface area contributed by atoms with Gasteiger partial charge >= 0.3 is 4.87 Å². The van der Waals surface area contributed by atoms with Gasteiger partial charge in [0, 0.05) is 19.1 Å². The van der Waals surface area contributed by atoms with Gasteiger partial charge < -0.3 is 9.47 Å². The lowest BCUT2D eigenvalue weighted by Crippen LogP contribution is -2.18. The molecule has 0 amide bonds. The third kappa shape index (κ3) is 1.80. The van der Waals surface area contributed by atoms with E-state index in [-0.39, 0.29) is 10.8 Å². The van der Waals surface area contributed by atoms with Crippen LogP contribution >= 0.6 is 11.3 Å². The minimum Gasteiger partial charge on any atom is -0.493 e. The minimum atomic E-state index is -0.312. The molecule has 6 heteroatoms. The lowest BCUT2D eigenvalue weighted by atomic mass is 10.3. The average molecular weight is 253 g/mol. The number of ether oxygens (including phenoxy) is 2. The number of rotatable bonds is 2. The van der Waals surface area contributed by atoms with Gasteiger partial charge in [-0.15, -0.1) is 0 Å². The first-order valence-corrected chi connectivity index (χ1v) is 5.68. The summed E-state index contributed by atoms with van der Waals surface area (Å²) in [4.78, 5) is 22.7. The molecule has 0 saturated heterocycles. The van der Waals surface area contributed by atoms with E-state index in [1.807, 2.05) is 0 Å². The third-order valence-electron chi connectivity index (χ3n) is 2.40. The number of thiazole rings is 1. The van der Waals surface area contributed by atoms with Crippen LogP contribution in [0.15, 0.2) is 16.9 Å². The summed E-state index contributed by atoms with van der Waals surface area (Å²) in [6, 6.07) is 3.33. The number of hydrogen-bond donors (Lipinski definition) is 0. The number of carbonyl (C=O) groups excluding carboxylic acids is 1. The number of methoxy groups -OCH3 is 2. The van der Waals surface area contributed by atoms with Crippen LogP contribution in [0.1, 0.15) is 11.7 Å². The maximum Gasteiger partial charge on any atom is 0.314 e. The summed E-state index contributed by atoms with van der Waals surface area (Å²) in [5.74, 6) is 0.721. The number of hydrogen-bond acceptors (Lipinski definition) is 5.